The van der Waals surface area contributed by atoms with Gasteiger partial charge in [0.25, 0.3) is 11.8 Å². The van der Waals surface area contributed by atoms with E-state index in [0.29, 0.717) is 12.0 Å². The number of hydrogen-bond donors (Lipinski definition) is 3. The van der Waals surface area contributed by atoms with Crippen LogP contribution in [-0.4, -0.2) is 52.3 Å². The van der Waals surface area contributed by atoms with Crippen LogP contribution < -0.4 is 10.6 Å². The molecule has 10 heteroatoms. The molecule has 0 aliphatic carbocycles. The van der Waals surface area contributed by atoms with Crippen molar-refractivity contribution in [1.82, 2.24) is 15.5 Å². The predicted molar refractivity (Wildman–Crippen MR) is 140 cm³/mol. The first kappa shape index (κ1) is 27.8. The summed E-state index contributed by atoms with van der Waals surface area (Å²) in [7, 11) is 0. The molecule has 8 nitrogen and oxygen atoms in total. The van der Waals surface area contributed by atoms with Gasteiger partial charge in [-0.2, -0.15) is 0 Å². The van der Waals surface area contributed by atoms with Crippen molar-refractivity contribution in [3.8, 4) is 0 Å². The first-order valence-electron chi connectivity index (χ1n) is 12.6. The van der Waals surface area contributed by atoms with Gasteiger partial charge in [-0.05, 0) is 59.4 Å². The lowest BCUT2D eigenvalue weighted by molar-refractivity contribution is -0.140. The average molecular weight is 538 g/mol. The fraction of sp³-hybridized carbons (Fsp3) is 0.310. The molecule has 3 amide bonds. The molecule has 0 saturated heterocycles. The number of nitrogens with zero attached hydrogens (tertiary/aromatic N) is 1. The second-order valence-electron chi connectivity index (χ2n) is 10.0. The van der Waals surface area contributed by atoms with E-state index in [1.54, 1.807) is 12.1 Å². The number of nitrogens with one attached hydrogen (secondary N) is 2. The molecule has 3 N–H and O–H groups in total. The molecule has 0 bridgehead atoms. The molecule has 204 valence electrons. The Morgan fingerprint density at radius 2 is 1.51 bits per heavy atom. The van der Waals surface area contributed by atoms with E-state index in [4.69, 9.17) is 0 Å². The Kier molecular flexibility index (Phi) is 8.35. The summed E-state index contributed by atoms with van der Waals surface area (Å²) in [4.78, 5) is 52.0. The lowest BCUT2D eigenvalue weighted by atomic mass is 10.0. The van der Waals surface area contributed by atoms with E-state index in [2.05, 4.69) is 10.6 Å². The summed E-state index contributed by atoms with van der Waals surface area (Å²) in [6.07, 6.45) is 0.179. The molecule has 1 aliphatic rings. The number of rotatable bonds is 11. The summed E-state index contributed by atoms with van der Waals surface area (Å²) >= 11 is 0. The number of carbonyl (C=O) groups excluding carboxylic acids is 3. The number of halogens is 2. The Balaban J connectivity index is 1.43. The number of aliphatic carboxylic acids is 1. The Bertz CT molecular complexity index is 1390. The van der Waals surface area contributed by atoms with Crippen LogP contribution in [0.1, 0.15) is 53.0 Å². The van der Waals surface area contributed by atoms with E-state index in [1.165, 1.54) is 6.07 Å². The standard InChI is InChI=1S/C29H29F2N3O5/c1-16(2)11-25(26(35)32-15-17-7-8-22(30)23(31)12-17)33-24(29(38)39)9-10-34-27(36)20-13-18-5-3-4-6-19(18)14-21(20)28(34)37/h3-8,12-14,16,24-25,33H,9-11,15H2,1-2H3,(H,32,35)(H,38,39)/t24?,25-/m0/s1. The van der Waals surface area contributed by atoms with Gasteiger partial charge in [0, 0.05) is 13.1 Å². The van der Waals surface area contributed by atoms with Crippen LogP contribution in [0, 0.1) is 17.6 Å². The summed E-state index contributed by atoms with van der Waals surface area (Å²) in [6.45, 7) is 3.51. The number of carboxylic acids is 1. The highest BCUT2D eigenvalue weighted by molar-refractivity contribution is 6.23. The molecule has 1 unspecified atom stereocenters. The first-order valence-corrected chi connectivity index (χ1v) is 12.6. The zero-order chi connectivity index (χ0) is 28.3. The molecule has 0 fully saturated rings. The van der Waals surface area contributed by atoms with Crippen molar-refractivity contribution in [2.24, 2.45) is 5.92 Å². The molecule has 2 atom stereocenters. The summed E-state index contributed by atoms with van der Waals surface area (Å²) in [5, 5.41) is 17.0. The molecule has 1 heterocycles. The highest BCUT2D eigenvalue weighted by Gasteiger charge is 2.37. The second kappa shape index (κ2) is 11.7. The number of carbonyl (C=O) groups is 4. The topological polar surface area (TPSA) is 116 Å². The SMILES string of the molecule is CC(C)C[C@H](NC(CCN1C(=O)c2cc3ccccc3cc2C1=O)C(=O)O)C(=O)NCc1ccc(F)c(F)c1. The van der Waals surface area contributed by atoms with Crippen molar-refractivity contribution in [3.63, 3.8) is 0 Å². The molecule has 3 aromatic carbocycles. The third kappa shape index (κ3) is 6.28. The third-order valence-electron chi connectivity index (χ3n) is 6.65. The molecule has 0 aromatic heterocycles. The minimum atomic E-state index is -1.24. The van der Waals surface area contributed by atoms with E-state index in [0.717, 1.165) is 27.8 Å². The summed E-state index contributed by atoms with van der Waals surface area (Å²) < 4.78 is 26.7. The van der Waals surface area contributed by atoms with Crippen molar-refractivity contribution < 1.29 is 33.1 Å². The predicted octanol–water partition coefficient (Wildman–Crippen LogP) is 3.88. The molecule has 4 rings (SSSR count). The molecule has 0 radical (unpaired) electrons. The Morgan fingerprint density at radius 1 is 0.897 bits per heavy atom. The summed E-state index contributed by atoms with van der Waals surface area (Å²) in [6, 6.07) is 11.8. The van der Waals surface area contributed by atoms with Gasteiger partial charge in [-0.1, -0.05) is 44.2 Å². The minimum Gasteiger partial charge on any atom is -0.480 e. The normalized spacial score (nSPS) is 14.5. The fourth-order valence-electron chi connectivity index (χ4n) is 4.64. The molecule has 0 spiro atoms. The van der Waals surface area contributed by atoms with Gasteiger partial charge in [0.1, 0.15) is 6.04 Å². The van der Waals surface area contributed by atoms with Gasteiger partial charge in [-0.3, -0.25) is 29.4 Å². The average Bonchev–Trinajstić information content (AvgIpc) is 3.13. The van der Waals surface area contributed by atoms with Crippen molar-refractivity contribution in [3.05, 3.63) is 82.9 Å². The van der Waals surface area contributed by atoms with Crippen molar-refractivity contribution in [2.45, 2.75) is 45.3 Å². The fourth-order valence-corrected chi connectivity index (χ4v) is 4.64. The first-order chi connectivity index (χ1) is 18.5. The van der Waals surface area contributed by atoms with Gasteiger partial charge >= 0.3 is 5.97 Å². The van der Waals surface area contributed by atoms with E-state index in [9.17, 15) is 33.1 Å². The maximum absolute atomic E-state index is 13.5. The van der Waals surface area contributed by atoms with Gasteiger partial charge in [0.2, 0.25) is 5.91 Å². The zero-order valence-electron chi connectivity index (χ0n) is 21.5. The molecule has 3 aromatic rings. The Morgan fingerprint density at radius 3 is 2.05 bits per heavy atom. The van der Waals surface area contributed by atoms with Gasteiger partial charge < -0.3 is 10.4 Å². The quantitative estimate of drug-likeness (QED) is 0.320. The molecular formula is C29H29F2N3O5. The Hall–Kier alpha value is -4.18. The highest BCUT2D eigenvalue weighted by atomic mass is 19.2. The van der Waals surface area contributed by atoms with Crippen LogP contribution in [0.2, 0.25) is 0 Å². The highest BCUT2D eigenvalue weighted by Crippen LogP contribution is 2.28. The van der Waals surface area contributed by atoms with Crippen LogP contribution in [-0.2, 0) is 16.1 Å². The lowest BCUT2D eigenvalue weighted by Crippen LogP contribution is -2.52. The maximum atomic E-state index is 13.5. The van der Waals surface area contributed by atoms with Crippen molar-refractivity contribution in [2.75, 3.05) is 6.54 Å². The van der Waals surface area contributed by atoms with Crippen LogP contribution in [0.15, 0.2) is 54.6 Å². The summed E-state index contributed by atoms with van der Waals surface area (Å²) in [5.41, 5.74) is 0.888. The van der Waals surface area contributed by atoms with Crippen molar-refractivity contribution >= 4 is 34.5 Å². The lowest BCUT2D eigenvalue weighted by Gasteiger charge is -2.25. The van der Waals surface area contributed by atoms with Crippen LogP contribution in [0.3, 0.4) is 0 Å². The van der Waals surface area contributed by atoms with E-state index in [-0.39, 0.29) is 36.6 Å². The maximum Gasteiger partial charge on any atom is 0.320 e. The molecule has 0 saturated carbocycles. The molecule has 1 aliphatic heterocycles. The third-order valence-corrected chi connectivity index (χ3v) is 6.65. The van der Waals surface area contributed by atoms with Crippen molar-refractivity contribution in [1.29, 1.82) is 0 Å². The smallest absolute Gasteiger partial charge is 0.320 e. The minimum absolute atomic E-state index is 0.0244. The van der Waals surface area contributed by atoms with Crippen LogP contribution >= 0.6 is 0 Å². The van der Waals surface area contributed by atoms with Gasteiger partial charge in [0.05, 0.1) is 17.2 Å². The monoisotopic (exact) mass is 537 g/mol. The number of hydrogen-bond acceptors (Lipinski definition) is 5. The zero-order valence-corrected chi connectivity index (χ0v) is 21.5. The number of amides is 3. The van der Waals surface area contributed by atoms with E-state index >= 15 is 0 Å². The summed E-state index contributed by atoms with van der Waals surface area (Å²) in [5.74, 6) is -4.74. The second-order valence-corrected chi connectivity index (χ2v) is 10.0. The van der Waals surface area contributed by atoms with E-state index < -0.39 is 47.4 Å². The number of fused-ring (bicyclic) bond motifs is 2. The number of imide groups is 1. The van der Waals surface area contributed by atoms with Gasteiger partial charge in [-0.25, -0.2) is 8.78 Å². The van der Waals surface area contributed by atoms with Crippen LogP contribution in [0.4, 0.5) is 8.78 Å². The van der Waals surface area contributed by atoms with Crippen LogP contribution in [0.25, 0.3) is 10.8 Å². The van der Waals surface area contributed by atoms with Gasteiger partial charge in [0.15, 0.2) is 11.6 Å². The van der Waals surface area contributed by atoms with Gasteiger partial charge in [-0.15, -0.1) is 0 Å². The Labute approximate surface area is 224 Å². The molecule has 39 heavy (non-hydrogen) atoms. The van der Waals surface area contributed by atoms with E-state index in [1.807, 2.05) is 38.1 Å². The number of carboxylic acid groups (broad SMARTS) is 1. The molecular weight excluding hydrogens is 508 g/mol. The largest absolute Gasteiger partial charge is 0.480 e. The van der Waals surface area contributed by atoms with Crippen LogP contribution in [0.5, 0.6) is 0 Å². The number of benzene rings is 3.